The van der Waals surface area contributed by atoms with Gasteiger partial charge in [0.25, 0.3) is 5.91 Å². The van der Waals surface area contributed by atoms with E-state index in [4.69, 9.17) is 32.8 Å². The fourth-order valence-corrected chi connectivity index (χ4v) is 4.95. The Morgan fingerprint density at radius 2 is 1.62 bits per heavy atom. The summed E-state index contributed by atoms with van der Waals surface area (Å²) in [5.41, 5.74) is 1.75. The molecule has 0 saturated carbocycles. The van der Waals surface area contributed by atoms with E-state index in [0.717, 1.165) is 16.5 Å². The van der Waals surface area contributed by atoms with Crippen LogP contribution in [0.5, 0.6) is 0 Å². The summed E-state index contributed by atoms with van der Waals surface area (Å²) in [7, 11) is 0. The standard InChI is InChI=1S/C29H41NO9/c1-2-37-29-23(7-5-11-31)24(25-21-38-26-8-4-3-6-22(25)26)20-27(39-29)28(32)30-9-12-33-14-16-35-18-19-36-17-15-34-13-10-30/h3-4,6,8,20-21,23-24,29,31H,2,5,7,9-19H2,1H3/t23-,24+,29-/m0/s1. The van der Waals surface area contributed by atoms with Crippen molar-refractivity contribution in [2.45, 2.75) is 32.0 Å². The van der Waals surface area contributed by atoms with E-state index in [-0.39, 0.29) is 30.1 Å². The Bertz CT molecular complexity index is 1020. The Kier molecular flexibility index (Phi) is 12.1. The number of hydrogen-bond acceptors (Lipinski definition) is 9. The number of para-hydroxylation sites is 1. The number of furan rings is 1. The third kappa shape index (κ3) is 8.26. The number of amides is 1. The van der Waals surface area contributed by atoms with Crippen molar-refractivity contribution in [3.63, 3.8) is 0 Å². The average molecular weight is 548 g/mol. The summed E-state index contributed by atoms with van der Waals surface area (Å²) in [6.45, 7) is 6.70. The van der Waals surface area contributed by atoms with Crippen LogP contribution in [0, 0.1) is 5.92 Å². The van der Waals surface area contributed by atoms with Gasteiger partial charge in [0.15, 0.2) is 5.76 Å². The Balaban J connectivity index is 1.59. The first-order valence-corrected chi connectivity index (χ1v) is 13.9. The molecule has 3 heterocycles. The molecule has 2 aliphatic rings. The number of allylic oxidation sites excluding steroid dienone is 1. The van der Waals surface area contributed by atoms with Crippen molar-refractivity contribution in [2.24, 2.45) is 5.92 Å². The van der Waals surface area contributed by atoms with Gasteiger partial charge in [0.2, 0.25) is 6.29 Å². The maximum atomic E-state index is 13.9. The second-order valence-electron chi connectivity index (χ2n) is 9.46. The minimum atomic E-state index is -0.644. The number of nitrogens with zero attached hydrogens (tertiary/aromatic N) is 1. The monoisotopic (exact) mass is 547 g/mol. The molecular formula is C29H41NO9. The summed E-state index contributed by atoms with van der Waals surface area (Å²) < 4.78 is 40.5. The van der Waals surface area contributed by atoms with Crippen molar-refractivity contribution in [2.75, 3.05) is 79.2 Å². The summed E-state index contributed by atoms with van der Waals surface area (Å²) >= 11 is 0. The van der Waals surface area contributed by atoms with Gasteiger partial charge in [0, 0.05) is 49.1 Å². The largest absolute Gasteiger partial charge is 0.464 e. The van der Waals surface area contributed by atoms with Gasteiger partial charge in [-0.15, -0.1) is 0 Å². The third-order valence-electron chi connectivity index (χ3n) is 6.91. The van der Waals surface area contributed by atoms with Crippen LogP contribution >= 0.6 is 0 Å². The summed E-state index contributed by atoms with van der Waals surface area (Å²) in [5.74, 6) is -0.324. The predicted molar refractivity (Wildman–Crippen MR) is 143 cm³/mol. The molecule has 1 aromatic carbocycles. The zero-order valence-electron chi connectivity index (χ0n) is 22.8. The van der Waals surface area contributed by atoms with Gasteiger partial charge in [-0.3, -0.25) is 4.79 Å². The van der Waals surface area contributed by atoms with Gasteiger partial charge in [-0.25, -0.2) is 0 Å². The second-order valence-corrected chi connectivity index (χ2v) is 9.46. The average Bonchev–Trinajstić information content (AvgIpc) is 3.38. The first-order valence-electron chi connectivity index (χ1n) is 13.9. The molecule has 216 valence electrons. The van der Waals surface area contributed by atoms with Crippen LogP contribution < -0.4 is 0 Å². The predicted octanol–water partition coefficient (Wildman–Crippen LogP) is 3.09. The summed E-state index contributed by atoms with van der Waals surface area (Å²) in [6, 6.07) is 7.85. The normalized spacial score (nSPS) is 24.4. The van der Waals surface area contributed by atoms with Gasteiger partial charge in [0.05, 0.1) is 59.1 Å². The van der Waals surface area contributed by atoms with E-state index >= 15 is 0 Å². The number of aliphatic hydroxyl groups is 1. The number of hydrogen-bond donors (Lipinski definition) is 1. The Morgan fingerprint density at radius 3 is 2.26 bits per heavy atom. The summed E-state index contributed by atoms with van der Waals surface area (Å²) in [6.07, 6.45) is 4.25. The molecule has 2 aliphatic heterocycles. The highest BCUT2D eigenvalue weighted by molar-refractivity contribution is 5.92. The SMILES string of the molecule is CCO[C@H]1OC(C(=O)N2CCOCCOCCOCCOCC2)=C[C@@H](c2coc3ccccc23)[C@@H]1CCCO. The van der Waals surface area contributed by atoms with E-state index in [1.54, 1.807) is 11.2 Å². The Hall–Kier alpha value is -2.47. The van der Waals surface area contributed by atoms with Gasteiger partial charge in [-0.2, -0.15) is 0 Å². The molecule has 1 N–H and O–H groups in total. The van der Waals surface area contributed by atoms with Gasteiger partial charge in [0.1, 0.15) is 5.58 Å². The Labute approximate surface area is 229 Å². The van der Waals surface area contributed by atoms with E-state index < -0.39 is 6.29 Å². The first-order chi connectivity index (χ1) is 19.2. The minimum absolute atomic E-state index is 0.0631. The molecular weight excluding hydrogens is 506 g/mol. The quantitative estimate of drug-likeness (QED) is 0.559. The van der Waals surface area contributed by atoms with Crippen molar-refractivity contribution in [3.05, 3.63) is 47.9 Å². The first kappa shape index (κ1) is 29.5. The molecule has 0 aliphatic carbocycles. The summed E-state index contributed by atoms with van der Waals surface area (Å²) in [5, 5.41) is 10.6. The van der Waals surface area contributed by atoms with Gasteiger partial charge < -0.3 is 42.8 Å². The molecule has 1 amide bonds. The number of rotatable bonds is 7. The van der Waals surface area contributed by atoms with Crippen molar-refractivity contribution in [1.82, 2.24) is 4.90 Å². The van der Waals surface area contributed by atoms with Crippen LogP contribution in [0.2, 0.25) is 0 Å². The molecule has 0 bridgehead atoms. The fraction of sp³-hybridized carbons (Fsp3) is 0.621. The van der Waals surface area contributed by atoms with Gasteiger partial charge >= 0.3 is 0 Å². The van der Waals surface area contributed by atoms with Gasteiger partial charge in [-0.1, -0.05) is 18.2 Å². The molecule has 0 unspecified atom stereocenters. The number of aliphatic hydroxyl groups excluding tert-OH is 1. The number of ether oxygens (including phenoxy) is 6. The van der Waals surface area contributed by atoms with Gasteiger partial charge in [-0.05, 0) is 31.9 Å². The van der Waals surface area contributed by atoms with Crippen LogP contribution in [-0.4, -0.2) is 101 Å². The number of fused-ring (bicyclic) bond motifs is 1. The van der Waals surface area contributed by atoms with Crippen LogP contribution in [0.15, 0.2) is 46.8 Å². The minimum Gasteiger partial charge on any atom is -0.464 e. The van der Waals surface area contributed by atoms with Crippen molar-refractivity contribution in [3.8, 4) is 0 Å². The van der Waals surface area contributed by atoms with Crippen molar-refractivity contribution >= 4 is 16.9 Å². The summed E-state index contributed by atoms with van der Waals surface area (Å²) in [4.78, 5) is 15.5. The van der Waals surface area contributed by atoms with Crippen LogP contribution in [0.3, 0.4) is 0 Å². The zero-order chi connectivity index (χ0) is 27.3. The highest BCUT2D eigenvalue weighted by Gasteiger charge is 2.40. The molecule has 1 fully saturated rings. The number of benzene rings is 1. The maximum absolute atomic E-state index is 13.9. The highest BCUT2D eigenvalue weighted by atomic mass is 16.7. The molecule has 10 heteroatoms. The van der Waals surface area contributed by atoms with E-state index in [1.807, 2.05) is 37.3 Å². The van der Waals surface area contributed by atoms with E-state index in [0.29, 0.717) is 85.4 Å². The molecule has 0 spiro atoms. The van der Waals surface area contributed by atoms with Crippen molar-refractivity contribution in [1.29, 1.82) is 0 Å². The number of carbonyl (C=O) groups excluding carboxylic acids is 1. The smallest absolute Gasteiger partial charge is 0.288 e. The van der Waals surface area contributed by atoms with E-state index in [1.165, 1.54) is 0 Å². The molecule has 1 aromatic heterocycles. The van der Waals surface area contributed by atoms with Crippen LogP contribution in [0.4, 0.5) is 0 Å². The fourth-order valence-electron chi connectivity index (χ4n) is 4.95. The Morgan fingerprint density at radius 1 is 0.974 bits per heavy atom. The zero-order valence-corrected chi connectivity index (χ0v) is 22.8. The molecule has 10 nitrogen and oxygen atoms in total. The maximum Gasteiger partial charge on any atom is 0.288 e. The molecule has 3 atom stereocenters. The molecule has 4 rings (SSSR count). The lowest BCUT2D eigenvalue weighted by atomic mass is 9.80. The molecule has 2 aromatic rings. The number of carbonyl (C=O) groups is 1. The van der Waals surface area contributed by atoms with Crippen LogP contribution in [0.25, 0.3) is 11.0 Å². The molecule has 0 radical (unpaired) electrons. The molecule has 39 heavy (non-hydrogen) atoms. The van der Waals surface area contributed by atoms with Crippen molar-refractivity contribution < 1.29 is 42.7 Å². The topological polar surface area (TPSA) is 109 Å². The molecule has 1 saturated heterocycles. The third-order valence-corrected chi connectivity index (χ3v) is 6.91. The highest BCUT2D eigenvalue weighted by Crippen LogP contribution is 2.42. The van der Waals surface area contributed by atoms with Crippen LogP contribution in [0.1, 0.15) is 31.2 Å². The van der Waals surface area contributed by atoms with E-state index in [2.05, 4.69) is 0 Å². The lowest BCUT2D eigenvalue weighted by Gasteiger charge is -2.37. The second kappa shape index (κ2) is 16.0. The lowest BCUT2D eigenvalue weighted by molar-refractivity contribution is -0.170. The van der Waals surface area contributed by atoms with E-state index in [9.17, 15) is 9.90 Å². The van der Waals surface area contributed by atoms with Crippen LogP contribution in [-0.2, 0) is 33.2 Å². The lowest BCUT2D eigenvalue weighted by Crippen LogP contribution is -2.42.